The Labute approximate surface area is 157 Å². The maximum absolute atomic E-state index is 14.3. The Bertz CT molecular complexity index is 739. The lowest BCUT2D eigenvalue weighted by Crippen LogP contribution is -2.12. The average molecular weight is 377 g/mol. The second kappa shape index (κ2) is 10.2. The van der Waals surface area contributed by atoms with Crippen molar-refractivity contribution in [2.75, 3.05) is 5.75 Å². The molecule has 1 atom stereocenters. The Morgan fingerprint density at radius 2 is 2.19 bits per heavy atom. The quantitative estimate of drug-likeness (QED) is 0.469. The minimum Gasteiger partial charge on any atom is -0.486 e. The molecule has 0 spiro atoms. The zero-order valence-corrected chi connectivity index (χ0v) is 15.9. The van der Waals surface area contributed by atoms with Gasteiger partial charge < -0.3 is 9.84 Å². The number of pyridine rings is 1. The minimum absolute atomic E-state index is 0.157. The molecule has 2 rings (SSSR count). The number of unbranched alkanes of at least 4 members (excludes halogenated alkanes) is 1. The second-order valence-electron chi connectivity index (χ2n) is 6.17. The Hall–Kier alpha value is -2.08. The van der Waals surface area contributed by atoms with Gasteiger partial charge in [-0.05, 0) is 42.4 Å². The molecule has 0 amide bonds. The maximum atomic E-state index is 14.3. The van der Waals surface area contributed by atoms with E-state index in [1.165, 1.54) is 6.07 Å². The van der Waals surface area contributed by atoms with E-state index in [-0.39, 0.29) is 18.8 Å². The highest BCUT2D eigenvalue weighted by Crippen LogP contribution is 2.25. The molecule has 1 N–H and O–H groups in total. The zero-order valence-electron chi connectivity index (χ0n) is 15.1. The smallest absolute Gasteiger partial charge is 0.306 e. The van der Waals surface area contributed by atoms with Gasteiger partial charge in [0.25, 0.3) is 0 Å². The molecule has 0 fully saturated rings. The van der Waals surface area contributed by atoms with E-state index in [9.17, 15) is 9.18 Å². The van der Waals surface area contributed by atoms with Crippen LogP contribution in [0.15, 0.2) is 41.6 Å². The molecule has 1 heterocycles. The number of aromatic nitrogens is 1. The number of aliphatic carboxylic acids is 1. The number of thioether (sulfide) groups is 1. The van der Waals surface area contributed by atoms with Crippen molar-refractivity contribution in [3.63, 3.8) is 0 Å². The van der Waals surface area contributed by atoms with E-state index in [4.69, 9.17) is 9.84 Å². The van der Waals surface area contributed by atoms with Crippen molar-refractivity contribution in [2.45, 2.75) is 44.7 Å². The van der Waals surface area contributed by atoms with Crippen LogP contribution in [0.2, 0.25) is 0 Å². The topological polar surface area (TPSA) is 59.4 Å². The minimum atomic E-state index is -0.893. The molecule has 6 heteroatoms. The molecule has 0 aliphatic carbocycles. The molecule has 1 unspecified atom stereocenters. The first-order valence-electron chi connectivity index (χ1n) is 8.72. The fraction of sp³-hybridized carbons (Fsp3) is 0.400. The molecule has 26 heavy (non-hydrogen) atoms. The standard InChI is InChI=1S/C20H24FNO3S/c1-3-4-10-26-19-16(6-5-9-22-19)13-25-18-8-7-15(12-17(18)21)11-14(2)20(23)24/h5-9,12,14H,3-4,10-11,13H2,1-2H3,(H,23,24). The number of carboxylic acids is 1. The zero-order chi connectivity index (χ0) is 18.9. The SMILES string of the molecule is CCCCSc1ncccc1COc1ccc(CC(C)C(=O)O)cc1F. The van der Waals surface area contributed by atoms with Gasteiger partial charge in [0, 0.05) is 11.8 Å². The Morgan fingerprint density at radius 3 is 2.88 bits per heavy atom. The molecule has 0 aliphatic heterocycles. The van der Waals surface area contributed by atoms with Gasteiger partial charge in [0.1, 0.15) is 11.6 Å². The van der Waals surface area contributed by atoms with Crippen molar-refractivity contribution >= 4 is 17.7 Å². The Balaban J connectivity index is 2.00. The van der Waals surface area contributed by atoms with Gasteiger partial charge in [-0.2, -0.15) is 0 Å². The molecular weight excluding hydrogens is 353 g/mol. The van der Waals surface area contributed by atoms with Crippen LogP contribution in [0.1, 0.15) is 37.8 Å². The highest BCUT2D eigenvalue weighted by Gasteiger charge is 2.14. The molecule has 0 radical (unpaired) electrons. The van der Waals surface area contributed by atoms with Crippen LogP contribution < -0.4 is 4.74 Å². The molecule has 140 valence electrons. The normalized spacial score (nSPS) is 12.0. The van der Waals surface area contributed by atoms with Crippen molar-refractivity contribution in [3.05, 3.63) is 53.5 Å². The second-order valence-corrected chi connectivity index (χ2v) is 7.25. The predicted molar refractivity (Wildman–Crippen MR) is 101 cm³/mol. The third-order valence-electron chi connectivity index (χ3n) is 3.93. The highest BCUT2D eigenvalue weighted by atomic mass is 32.2. The van der Waals surface area contributed by atoms with Crippen LogP contribution in [0, 0.1) is 11.7 Å². The van der Waals surface area contributed by atoms with E-state index in [0.29, 0.717) is 5.56 Å². The van der Waals surface area contributed by atoms with Crippen molar-refractivity contribution in [1.29, 1.82) is 0 Å². The third kappa shape index (κ3) is 6.02. The first kappa shape index (κ1) is 20.2. The first-order chi connectivity index (χ1) is 12.5. The molecule has 0 saturated heterocycles. The summed E-state index contributed by atoms with van der Waals surface area (Å²) in [5.74, 6) is -0.783. The molecule has 1 aromatic carbocycles. The van der Waals surface area contributed by atoms with Gasteiger partial charge >= 0.3 is 5.97 Å². The number of halogens is 1. The van der Waals surface area contributed by atoms with Gasteiger partial charge in [0.05, 0.1) is 5.92 Å². The number of hydrogen-bond donors (Lipinski definition) is 1. The lowest BCUT2D eigenvalue weighted by atomic mass is 10.0. The van der Waals surface area contributed by atoms with Gasteiger partial charge in [-0.3, -0.25) is 4.79 Å². The molecule has 4 nitrogen and oxygen atoms in total. The van der Waals surface area contributed by atoms with Crippen LogP contribution in [0.25, 0.3) is 0 Å². The monoisotopic (exact) mass is 377 g/mol. The summed E-state index contributed by atoms with van der Waals surface area (Å²) in [6, 6.07) is 8.38. The predicted octanol–water partition coefficient (Wildman–Crippen LogP) is 4.96. The summed E-state index contributed by atoms with van der Waals surface area (Å²) in [6.07, 6.45) is 4.28. The summed E-state index contributed by atoms with van der Waals surface area (Å²) in [6.45, 7) is 3.99. The third-order valence-corrected chi connectivity index (χ3v) is 5.06. The van der Waals surface area contributed by atoms with Crippen LogP contribution in [0.5, 0.6) is 5.75 Å². The Kier molecular flexibility index (Phi) is 7.91. The van der Waals surface area contributed by atoms with Crippen LogP contribution in [0.3, 0.4) is 0 Å². The summed E-state index contributed by atoms with van der Waals surface area (Å²) in [7, 11) is 0. The summed E-state index contributed by atoms with van der Waals surface area (Å²) in [5, 5.41) is 9.86. The van der Waals surface area contributed by atoms with Crippen molar-refractivity contribution < 1.29 is 19.0 Å². The van der Waals surface area contributed by atoms with E-state index in [2.05, 4.69) is 11.9 Å². The summed E-state index contributed by atoms with van der Waals surface area (Å²) in [5.41, 5.74) is 1.57. The lowest BCUT2D eigenvalue weighted by Gasteiger charge is -2.12. The number of hydrogen-bond acceptors (Lipinski definition) is 4. The van der Waals surface area contributed by atoms with Crippen LogP contribution >= 0.6 is 11.8 Å². The molecule has 1 aromatic heterocycles. The van der Waals surface area contributed by atoms with Gasteiger partial charge in [-0.1, -0.05) is 32.4 Å². The van der Waals surface area contributed by atoms with Crippen molar-refractivity contribution in [3.8, 4) is 5.75 Å². The number of rotatable bonds is 10. The number of benzene rings is 1. The number of carboxylic acid groups (broad SMARTS) is 1. The van der Waals surface area contributed by atoms with E-state index in [0.717, 1.165) is 29.2 Å². The average Bonchev–Trinajstić information content (AvgIpc) is 2.62. The van der Waals surface area contributed by atoms with Gasteiger partial charge in [0.2, 0.25) is 0 Å². The van der Waals surface area contributed by atoms with Gasteiger partial charge in [-0.15, -0.1) is 11.8 Å². The number of nitrogens with zero attached hydrogens (tertiary/aromatic N) is 1. The van der Waals surface area contributed by atoms with Gasteiger partial charge in [-0.25, -0.2) is 9.37 Å². The van der Waals surface area contributed by atoms with E-state index in [1.807, 2.05) is 12.1 Å². The summed E-state index contributed by atoms with van der Waals surface area (Å²) < 4.78 is 19.9. The molecule has 0 saturated carbocycles. The first-order valence-corrected chi connectivity index (χ1v) is 9.70. The molecule has 0 bridgehead atoms. The van der Waals surface area contributed by atoms with Crippen LogP contribution in [-0.4, -0.2) is 21.8 Å². The number of carbonyl (C=O) groups is 1. The fourth-order valence-electron chi connectivity index (χ4n) is 2.36. The van der Waals surface area contributed by atoms with Crippen LogP contribution in [-0.2, 0) is 17.8 Å². The van der Waals surface area contributed by atoms with Crippen molar-refractivity contribution in [1.82, 2.24) is 4.98 Å². The van der Waals surface area contributed by atoms with Crippen LogP contribution in [0.4, 0.5) is 4.39 Å². The van der Waals surface area contributed by atoms with Crippen molar-refractivity contribution in [2.24, 2.45) is 5.92 Å². The molecule has 0 aliphatic rings. The fourth-order valence-corrected chi connectivity index (χ4v) is 3.44. The van der Waals surface area contributed by atoms with E-state index >= 15 is 0 Å². The highest BCUT2D eigenvalue weighted by molar-refractivity contribution is 7.99. The Morgan fingerprint density at radius 1 is 1.38 bits per heavy atom. The largest absolute Gasteiger partial charge is 0.486 e. The molecule has 2 aromatic rings. The van der Waals surface area contributed by atoms with E-state index < -0.39 is 17.7 Å². The lowest BCUT2D eigenvalue weighted by molar-refractivity contribution is -0.141. The summed E-state index contributed by atoms with van der Waals surface area (Å²) in [4.78, 5) is 15.3. The van der Waals surface area contributed by atoms with E-state index in [1.54, 1.807) is 37.0 Å². The van der Waals surface area contributed by atoms with Gasteiger partial charge in [0.15, 0.2) is 11.6 Å². The maximum Gasteiger partial charge on any atom is 0.306 e. The number of ether oxygens (including phenoxy) is 1. The summed E-state index contributed by atoms with van der Waals surface area (Å²) >= 11 is 1.68. The molecular formula is C20H24FNO3S.